The molecule has 1 aliphatic heterocycles. The van der Waals surface area contributed by atoms with Gasteiger partial charge in [0.05, 0.1) is 36.2 Å². The molecule has 3 aromatic rings. The van der Waals surface area contributed by atoms with Crippen LogP contribution in [0, 0.1) is 5.92 Å². The molecule has 8 heteroatoms. The lowest BCUT2D eigenvalue weighted by Crippen LogP contribution is -2.25. The van der Waals surface area contributed by atoms with Crippen LogP contribution in [0.1, 0.15) is 12.2 Å². The highest BCUT2D eigenvalue weighted by atomic mass is 32.2. The fourth-order valence-corrected chi connectivity index (χ4v) is 5.77. The van der Waals surface area contributed by atoms with E-state index in [1.54, 1.807) is 31.4 Å². The number of ether oxygens (including phenoxy) is 2. The second-order valence-electron chi connectivity index (χ2n) is 7.74. The Labute approximate surface area is 176 Å². The Hall–Kier alpha value is -2.58. The molecule has 7 nitrogen and oxygen atoms in total. The second kappa shape index (κ2) is 8.65. The van der Waals surface area contributed by atoms with Gasteiger partial charge in [-0.3, -0.25) is 0 Å². The van der Waals surface area contributed by atoms with Crippen molar-refractivity contribution in [2.75, 3.05) is 25.2 Å². The van der Waals surface area contributed by atoms with E-state index in [2.05, 4.69) is 0 Å². The quantitative estimate of drug-likeness (QED) is 0.590. The molecule has 0 bridgehead atoms. The molecule has 2 heterocycles. The van der Waals surface area contributed by atoms with E-state index >= 15 is 0 Å². The maximum Gasteiger partial charge on any atom is 0.150 e. The van der Waals surface area contributed by atoms with Crippen LogP contribution in [0.5, 0.6) is 11.5 Å². The van der Waals surface area contributed by atoms with Gasteiger partial charge in [0.2, 0.25) is 0 Å². The molecule has 1 saturated heterocycles. The van der Waals surface area contributed by atoms with Crippen LogP contribution < -0.4 is 9.47 Å². The van der Waals surface area contributed by atoms with E-state index in [0.717, 1.165) is 22.6 Å². The third-order valence-electron chi connectivity index (χ3n) is 5.43. The fourth-order valence-electron chi connectivity index (χ4n) is 3.90. The summed E-state index contributed by atoms with van der Waals surface area (Å²) in [5, 5.41) is 10.6. The Morgan fingerprint density at radius 3 is 2.60 bits per heavy atom. The Morgan fingerprint density at radius 1 is 1.17 bits per heavy atom. The summed E-state index contributed by atoms with van der Waals surface area (Å²) in [5.41, 5.74) is 1.77. The predicted octanol–water partition coefficient (Wildman–Crippen LogP) is 2.46. The van der Waals surface area contributed by atoms with Crippen molar-refractivity contribution in [3.05, 3.63) is 54.4 Å². The standard InChI is InChI=1S/C22H26N2O5S/c1-28-18-6-8-19(9-7-18)29-14-17(25)13-24-21-5-3-2-4-20(21)23-22(24)12-16-10-11-30(26,27)15-16/h2-9,16-17,25H,10-15H2,1H3/t16-,17+/m0/s1. The molecule has 1 aromatic heterocycles. The number of hydrogen-bond acceptors (Lipinski definition) is 6. The lowest BCUT2D eigenvalue weighted by molar-refractivity contribution is 0.0925. The molecule has 2 aromatic carbocycles. The Morgan fingerprint density at radius 2 is 1.90 bits per heavy atom. The lowest BCUT2D eigenvalue weighted by Gasteiger charge is -2.17. The van der Waals surface area contributed by atoms with Crippen molar-refractivity contribution in [3.63, 3.8) is 0 Å². The highest BCUT2D eigenvalue weighted by Gasteiger charge is 2.29. The molecular weight excluding hydrogens is 404 g/mol. The van der Waals surface area contributed by atoms with E-state index in [0.29, 0.717) is 25.1 Å². The number of aliphatic hydroxyl groups excluding tert-OH is 1. The number of aliphatic hydroxyl groups is 1. The van der Waals surface area contributed by atoms with E-state index < -0.39 is 15.9 Å². The van der Waals surface area contributed by atoms with Crippen LogP contribution in [0.3, 0.4) is 0 Å². The van der Waals surface area contributed by atoms with Crippen LogP contribution in [0.15, 0.2) is 48.5 Å². The summed E-state index contributed by atoms with van der Waals surface area (Å²) in [6.45, 7) is 0.460. The van der Waals surface area contributed by atoms with Gasteiger partial charge in [0.15, 0.2) is 9.84 Å². The van der Waals surface area contributed by atoms with Crippen molar-refractivity contribution in [2.24, 2.45) is 5.92 Å². The lowest BCUT2D eigenvalue weighted by atomic mass is 10.1. The zero-order chi connectivity index (χ0) is 21.1. The monoisotopic (exact) mass is 430 g/mol. The number of fused-ring (bicyclic) bond motifs is 1. The summed E-state index contributed by atoms with van der Waals surface area (Å²) in [5.74, 6) is 2.73. The SMILES string of the molecule is COc1ccc(OC[C@H](O)Cn2c(C[C@@H]3CCS(=O)(=O)C3)nc3ccccc32)cc1. The second-order valence-corrected chi connectivity index (χ2v) is 9.97. The normalized spacial score (nSPS) is 19.1. The van der Waals surface area contributed by atoms with Crippen molar-refractivity contribution >= 4 is 20.9 Å². The van der Waals surface area contributed by atoms with E-state index in [-0.39, 0.29) is 24.0 Å². The van der Waals surface area contributed by atoms with Gasteiger partial charge in [-0.2, -0.15) is 0 Å². The molecule has 0 radical (unpaired) electrons. The van der Waals surface area contributed by atoms with Crippen LogP contribution in [0.25, 0.3) is 11.0 Å². The zero-order valence-corrected chi connectivity index (χ0v) is 17.7. The first-order chi connectivity index (χ1) is 14.4. The smallest absolute Gasteiger partial charge is 0.150 e. The van der Waals surface area contributed by atoms with E-state index in [4.69, 9.17) is 14.5 Å². The molecule has 0 saturated carbocycles. The molecule has 160 valence electrons. The molecular formula is C22H26N2O5S. The van der Waals surface area contributed by atoms with Gasteiger partial charge < -0.3 is 19.1 Å². The maximum absolute atomic E-state index is 11.8. The fraction of sp³-hybridized carbons (Fsp3) is 0.409. The van der Waals surface area contributed by atoms with Gasteiger partial charge in [-0.15, -0.1) is 0 Å². The van der Waals surface area contributed by atoms with Crippen LogP contribution in [-0.4, -0.2) is 54.4 Å². The van der Waals surface area contributed by atoms with Gasteiger partial charge in [-0.1, -0.05) is 12.1 Å². The predicted molar refractivity (Wildman–Crippen MR) is 115 cm³/mol. The van der Waals surface area contributed by atoms with Gasteiger partial charge in [0, 0.05) is 6.42 Å². The number of para-hydroxylation sites is 2. The van der Waals surface area contributed by atoms with E-state index in [9.17, 15) is 13.5 Å². The number of nitrogens with zero attached hydrogens (tertiary/aromatic N) is 2. The Kier molecular flexibility index (Phi) is 5.97. The highest BCUT2D eigenvalue weighted by Crippen LogP contribution is 2.25. The molecule has 1 N–H and O–H groups in total. The van der Waals surface area contributed by atoms with Crippen molar-refractivity contribution < 1.29 is 23.0 Å². The average Bonchev–Trinajstić information content (AvgIpc) is 3.26. The summed E-state index contributed by atoms with van der Waals surface area (Å²) in [7, 11) is -1.34. The summed E-state index contributed by atoms with van der Waals surface area (Å²) >= 11 is 0. The number of benzene rings is 2. The zero-order valence-electron chi connectivity index (χ0n) is 16.9. The molecule has 0 amide bonds. The topological polar surface area (TPSA) is 90.6 Å². The molecule has 4 rings (SSSR count). The van der Waals surface area contributed by atoms with Crippen LogP contribution in [0.4, 0.5) is 0 Å². The minimum Gasteiger partial charge on any atom is -0.497 e. The number of imidazole rings is 1. The first-order valence-electron chi connectivity index (χ1n) is 10.0. The minimum absolute atomic E-state index is 0.0678. The van der Waals surface area contributed by atoms with Gasteiger partial charge >= 0.3 is 0 Å². The molecule has 30 heavy (non-hydrogen) atoms. The number of sulfone groups is 1. The minimum atomic E-state index is -2.94. The van der Waals surface area contributed by atoms with Crippen molar-refractivity contribution in [1.82, 2.24) is 9.55 Å². The van der Waals surface area contributed by atoms with Gasteiger partial charge in [0.25, 0.3) is 0 Å². The number of rotatable bonds is 8. The third-order valence-corrected chi connectivity index (χ3v) is 7.26. The summed E-state index contributed by atoms with van der Waals surface area (Å²) in [4.78, 5) is 4.72. The maximum atomic E-state index is 11.8. The van der Waals surface area contributed by atoms with Crippen LogP contribution >= 0.6 is 0 Å². The first kappa shape index (κ1) is 20.7. The van der Waals surface area contributed by atoms with Crippen molar-refractivity contribution in [2.45, 2.75) is 25.5 Å². The van der Waals surface area contributed by atoms with Crippen molar-refractivity contribution in [3.8, 4) is 11.5 Å². The number of aromatic nitrogens is 2. The summed E-state index contributed by atoms with van der Waals surface area (Å²) < 4.78 is 36.5. The molecule has 0 unspecified atom stereocenters. The highest BCUT2D eigenvalue weighted by molar-refractivity contribution is 7.91. The molecule has 2 atom stereocenters. The van der Waals surface area contributed by atoms with Crippen LogP contribution in [-0.2, 0) is 22.8 Å². The Bertz CT molecular complexity index is 1110. The molecule has 0 spiro atoms. The van der Waals surface area contributed by atoms with E-state index in [1.807, 2.05) is 28.8 Å². The van der Waals surface area contributed by atoms with Gasteiger partial charge in [-0.05, 0) is 48.7 Å². The summed E-state index contributed by atoms with van der Waals surface area (Å²) in [6.07, 6.45) is 0.505. The number of hydrogen-bond donors (Lipinski definition) is 1. The number of methoxy groups -OCH3 is 1. The largest absolute Gasteiger partial charge is 0.497 e. The third kappa shape index (κ3) is 4.76. The molecule has 0 aliphatic carbocycles. The van der Waals surface area contributed by atoms with E-state index in [1.165, 1.54) is 0 Å². The molecule has 1 fully saturated rings. The Balaban J connectivity index is 1.47. The summed E-state index contributed by atoms with van der Waals surface area (Å²) in [6, 6.07) is 15.0. The average molecular weight is 431 g/mol. The van der Waals surface area contributed by atoms with Gasteiger partial charge in [-0.25, -0.2) is 13.4 Å². The van der Waals surface area contributed by atoms with Crippen LogP contribution in [0.2, 0.25) is 0 Å². The van der Waals surface area contributed by atoms with Crippen molar-refractivity contribution in [1.29, 1.82) is 0 Å². The first-order valence-corrected chi connectivity index (χ1v) is 11.8. The molecule has 1 aliphatic rings. The van der Waals surface area contributed by atoms with Gasteiger partial charge in [0.1, 0.15) is 30.0 Å².